The number of carbonyl (C=O) groups excluding carboxylic acids is 4. The second-order valence-corrected chi connectivity index (χ2v) is 17.9. The molecule has 302 valence electrons. The number of nitrogens with zero attached hydrogens (tertiary/aromatic N) is 5. The molecule has 0 radical (unpaired) electrons. The molecule has 2 aromatic heterocycles. The second-order valence-electron chi connectivity index (χ2n) is 16.4. The number of hydrogen-bond acceptors (Lipinski definition) is 10. The molecule has 3 aliphatic heterocycles. The highest BCUT2D eigenvalue weighted by atomic mass is 35.5. The van der Waals surface area contributed by atoms with Crippen LogP contribution in [0.3, 0.4) is 0 Å². The van der Waals surface area contributed by atoms with E-state index in [-0.39, 0.29) is 41.5 Å². The highest BCUT2D eigenvalue weighted by molar-refractivity contribution is 7.22. The Labute approximate surface area is 349 Å². The number of halogens is 1. The van der Waals surface area contributed by atoms with Crippen molar-refractivity contribution < 1.29 is 33.8 Å². The van der Waals surface area contributed by atoms with Gasteiger partial charge in [-0.3, -0.25) is 28.8 Å². The monoisotopic (exact) mass is 831 g/mol. The summed E-state index contributed by atoms with van der Waals surface area (Å²) in [5, 5.41) is 17.1. The number of aryl methyl sites for hydroxylation is 2. The molecule has 4 amide bonds. The number of amides is 4. The number of rotatable bonds is 6. The standard InChI is InChI=1S/C45H42ClN5O7S/c1-23-30-20-25(46)6-14-36(30)59-40(23)33-22-37(48(3)47-33)51-42(54)32-21-31-28(39(45(32,2)44(51)56)24-5-13-34(52)35(19-24)57-4)11-12-29-38(31)43(55)50(41(29)53)27-9-7-26(8-10-27)49-15-17-58-18-16-49/h5-11,13-14,19-20,22,29,31-32,38-39,52H,12,15-18,21H2,1-4H3. The van der Waals surface area contributed by atoms with Crippen LogP contribution in [0, 0.1) is 36.0 Å². The molecule has 6 unspecified atom stereocenters. The molecule has 4 fully saturated rings. The highest BCUT2D eigenvalue weighted by Crippen LogP contribution is 2.64. The van der Waals surface area contributed by atoms with Crippen molar-refractivity contribution in [3.05, 3.63) is 94.5 Å². The lowest BCUT2D eigenvalue weighted by atomic mass is 9.51. The molecule has 12 nitrogen and oxygen atoms in total. The molecule has 5 aliphatic rings. The Morgan fingerprint density at radius 3 is 2.41 bits per heavy atom. The topological polar surface area (TPSA) is 135 Å². The Bertz CT molecular complexity index is 2650. The molecule has 59 heavy (non-hydrogen) atoms. The number of morpholine rings is 1. The van der Waals surface area contributed by atoms with Gasteiger partial charge >= 0.3 is 0 Å². The van der Waals surface area contributed by atoms with E-state index in [2.05, 4.69) is 4.90 Å². The van der Waals surface area contributed by atoms with Gasteiger partial charge < -0.3 is 19.5 Å². The average Bonchev–Trinajstić information content (AvgIpc) is 3.91. The van der Waals surface area contributed by atoms with Gasteiger partial charge in [-0.1, -0.05) is 29.3 Å². The van der Waals surface area contributed by atoms with Crippen molar-refractivity contribution in [3.8, 4) is 22.1 Å². The maximum atomic E-state index is 15.2. The number of anilines is 3. The van der Waals surface area contributed by atoms with Crippen LogP contribution in [0.1, 0.15) is 36.8 Å². The molecule has 14 heteroatoms. The van der Waals surface area contributed by atoms with Crippen molar-refractivity contribution in [3.63, 3.8) is 0 Å². The van der Waals surface area contributed by atoms with E-state index in [1.165, 1.54) is 23.0 Å². The predicted molar refractivity (Wildman–Crippen MR) is 225 cm³/mol. The lowest BCUT2D eigenvalue weighted by Gasteiger charge is -2.49. The lowest BCUT2D eigenvalue weighted by Crippen LogP contribution is -2.48. The summed E-state index contributed by atoms with van der Waals surface area (Å²) in [6.07, 6.45) is 2.54. The van der Waals surface area contributed by atoms with Gasteiger partial charge in [0.05, 0.1) is 54.1 Å². The lowest BCUT2D eigenvalue weighted by molar-refractivity contribution is -0.131. The normalized spacial score (nSPS) is 26.7. The van der Waals surface area contributed by atoms with Crippen molar-refractivity contribution in [2.75, 3.05) is 48.1 Å². The first-order chi connectivity index (χ1) is 28.4. The number of benzene rings is 3. The van der Waals surface area contributed by atoms with E-state index in [1.807, 2.05) is 62.4 Å². The number of phenolic OH excluding ortho intramolecular Hbond substituents is 1. The summed E-state index contributed by atoms with van der Waals surface area (Å²) in [6, 6.07) is 20.1. The molecule has 1 N–H and O–H groups in total. The molecule has 3 saturated heterocycles. The fourth-order valence-electron chi connectivity index (χ4n) is 10.6. The SMILES string of the molecule is COc1cc(C2C3=CCC4C(=O)N(c5ccc(N6CCOCC6)cc5)C(=O)C4C3CC3C(=O)N(c4cc(-c5sc6ccc(Cl)cc6c5C)nn4C)C(=O)C32C)ccc1O. The molecular weight excluding hydrogens is 790 g/mol. The summed E-state index contributed by atoms with van der Waals surface area (Å²) in [5.74, 6) is -4.16. The minimum Gasteiger partial charge on any atom is -0.504 e. The zero-order valence-electron chi connectivity index (χ0n) is 33.0. The van der Waals surface area contributed by atoms with Crippen molar-refractivity contribution in [1.82, 2.24) is 9.78 Å². The highest BCUT2D eigenvalue weighted by Gasteiger charge is 2.68. The maximum Gasteiger partial charge on any atom is 0.242 e. The van der Waals surface area contributed by atoms with Gasteiger partial charge in [-0.25, -0.2) is 4.90 Å². The number of phenols is 1. The first-order valence-corrected chi connectivity index (χ1v) is 21.1. The third-order valence-electron chi connectivity index (χ3n) is 13.5. The van der Waals surface area contributed by atoms with E-state index in [9.17, 15) is 14.7 Å². The third kappa shape index (κ3) is 5.54. The van der Waals surface area contributed by atoms with E-state index in [0.717, 1.165) is 44.9 Å². The summed E-state index contributed by atoms with van der Waals surface area (Å²) in [6.45, 7) is 6.65. The number of aromatic hydroxyl groups is 1. The summed E-state index contributed by atoms with van der Waals surface area (Å²) >= 11 is 7.91. The zero-order valence-corrected chi connectivity index (χ0v) is 34.5. The van der Waals surface area contributed by atoms with Gasteiger partial charge in [0.2, 0.25) is 23.6 Å². The minimum absolute atomic E-state index is 0.0634. The fourth-order valence-corrected chi connectivity index (χ4v) is 11.9. The smallest absolute Gasteiger partial charge is 0.242 e. The van der Waals surface area contributed by atoms with Crippen LogP contribution in [0.25, 0.3) is 20.7 Å². The van der Waals surface area contributed by atoms with E-state index in [0.29, 0.717) is 47.4 Å². The molecule has 3 aromatic carbocycles. The number of hydrogen-bond donors (Lipinski definition) is 1. The molecule has 0 bridgehead atoms. The number of allylic oxidation sites excluding steroid dienone is 2. The Hall–Kier alpha value is -5.50. The maximum absolute atomic E-state index is 15.2. The quantitative estimate of drug-likeness (QED) is 0.139. The number of aromatic nitrogens is 2. The van der Waals surface area contributed by atoms with Gasteiger partial charge in [-0.2, -0.15) is 5.10 Å². The summed E-state index contributed by atoms with van der Waals surface area (Å²) in [4.78, 5) is 64.9. The largest absolute Gasteiger partial charge is 0.504 e. The number of carbonyl (C=O) groups is 4. The van der Waals surface area contributed by atoms with Crippen molar-refractivity contribution in [1.29, 1.82) is 0 Å². The van der Waals surface area contributed by atoms with Crippen LogP contribution in [-0.2, 0) is 31.0 Å². The molecule has 0 spiro atoms. The molecule has 2 aliphatic carbocycles. The van der Waals surface area contributed by atoms with E-state index in [4.69, 9.17) is 26.2 Å². The summed E-state index contributed by atoms with van der Waals surface area (Å²) < 4.78 is 13.7. The molecule has 6 atom stereocenters. The van der Waals surface area contributed by atoms with Crippen LogP contribution in [0.15, 0.2) is 78.4 Å². The second kappa shape index (κ2) is 13.8. The van der Waals surface area contributed by atoms with Gasteiger partial charge in [-0.15, -0.1) is 11.3 Å². The first kappa shape index (κ1) is 37.7. The Morgan fingerprint density at radius 1 is 0.915 bits per heavy atom. The molecule has 5 heterocycles. The van der Waals surface area contributed by atoms with Crippen LogP contribution in [0.5, 0.6) is 11.5 Å². The third-order valence-corrected chi connectivity index (χ3v) is 15.0. The predicted octanol–water partition coefficient (Wildman–Crippen LogP) is 7.25. The van der Waals surface area contributed by atoms with Crippen LogP contribution in [0.2, 0.25) is 5.02 Å². The molecule has 10 rings (SSSR count). The van der Waals surface area contributed by atoms with Gasteiger partial charge in [-0.05, 0) is 104 Å². The zero-order chi connectivity index (χ0) is 41.1. The van der Waals surface area contributed by atoms with Gasteiger partial charge in [0.25, 0.3) is 0 Å². The summed E-state index contributed by atoms with van der Waals surface area (Å²) in [7, 11) is 3.19. The Kier molecular flexibility index (Phi) is 8.82. The number of ether oxygens (including phenoxy) is 2. The molecular formula is C45H42ClN5O7S. The Balaban J connectivity index is 1.04. The number of methoxy groups -OCH3 is 1. The van der Waals surface area contributed by atoms with Crippen LogP contribution >= 0.6 is 22.9 Å². The summed E-state index contributed by atoms with van der Waals surface area (Å²) in [5.41, 5.74) is 3.36. The minimum atomic E-state index is -1.29. The van der Waals surface area contributed by atoms with Crippen LogP contribution in [0.4, 0.5) is 17.2 Å². The first-order valence-electron chi connectivity index (χ1n) is 19.9. The number of thiophene rings is 1. The Morgan fingerprint density at radius 2 is 1.66 bits per heavy atom. The van der Waals surface area contributed by atoms with Gasteiger partial charge in [0.15, 0.2) is 11.5 Å². The van der Waals surface area contributed by atoms with Crippen LogP contribution < -0.4 is 19.4 Å². The van der Waals surface area contributed by atoms with E-state index < -0.39 is 35.0 Å². The number of imide groups is 2. The van der Waals surface area contributed by atoms with Crippen molar-refractivity contribution in [2.45, 2.75) is 32.6 Å². The fraction of sp³-hybridized carbons (Fsp3) is 0.356. The number of fused-ring (bicyclic) bond motifs is 5. The van der Waals surface area contributed by atoms with Crippen molar-refractivity contribution >= 4 is 73.8 Å². The molecule has 1 saturated carbocycles. The van der Waals surface area contributed by atoms with Gasteiger partial charge in [0, 0.05) is 47.5 Å². The van der Waals surface area contributed by atoms with Gasteiger partial charge in [0.1, 0.15) is 11.5 Å². The molecule has 5 aromatic rings. The van der Waals surface area contributed by atoms with E-state index in [1.54, 1.807) is 41.3 Å². The van der Waals surface area contributed by atoms with Crippen molar-refractivity contribution in [2.24, 2.45) is 36.1 Å². The van der Waals surface area contributed by atoms with E-state index >= 15 is 9.59 Å². The van der Waals surface area contributed by atoms with Crippen LogP contribution in [-0.4, -0.2) is 71.9 Å². The average molecular weight is 832 g/mol.